The lowest BCUT2D eigenvalue weighted by molar-refractivity contribution is -0.130. The molecule has 0 unspecified atom stereocenters. The van der Waals surface area contributed by atoms with Crippen LogP contribution >= 0.6 is 0 Å². The minimum absolute atomic E-state index is 0.0822. The lowest BCUT2D eigenvalue weighted by atomic mass is 10.1. The normalized spacial score (nSPS) is 12.5. The molecule has 0 fully saturated rings. The Hall–Kier alpha value is -3.22. The topological polar surface area (TPSA) is 75.2 Å². The molecule has 2 N–H and O–H groups in total. The van der Waals surface area contributed by atoms with Crippen molar-refractivity contribution < 1.29 is 14.3 Å². The molecule has 1 amide bonds. The van der Waals surface area contributed by atoms with E-state index in [-0.39, 0.29) is 12.7 Å². The molecule has 0 aromatic heterocycles. The highest BCUT2D eigenvalue weighted by Crippen LogP contribution is 2.32. The molecule has 30 heavy (non-hydrogen) atoms. The van der Waals surface area contributed by atoms with Crippen LogP contribution in [0.4, 0.5) is 0 Å². The van der Waals surface area contributed by atoms with Crippen molar-refractivity contribution in [1.82, 2.24) is 15.5 Å². The molecule has 7 heteroatoms. The molecule has 2 aromatic rings. The first kappa shape index (κ1) is 21.5. The Labute approximate surface area is 178 Å². The largest absolute Gasteiger partial charge is 0.454 e. The summed E-state index contributed by atoms with van der Waals surface area (Å²) < 4.78 is 10.8. The number of carbonyl (C=O) groups excluding carboxylic acids is 1. The summed E-state index contributed by atoms with van der Waals surface area (Å²) in [7, 11) is 1.83. The van der Waals surface area contributed by atoms with E-state index in [1.165, 1.54) is 5.56 Å². The fourth-order valence-corrected chi connectivity index (χ4v) is 3.16. The summed E-state index contributed by atoms with van der Waals surface area (Å²) in [4.78, 5) is 18.6. The van der Waals surface area contributed by atoms with Crippen LogP contribution in [0.2, 0.25) is 0 Å². The van der Waals surface area contributed by atoms with Gasteiger partial charge in [-0.25, -0.2) is 0 Å². The molecule has 3 rings (SSSR count). The van der Waals surface area contributed by atoms with Gasteiger partial charge in [0.15, 0.2) is 17.5 Å². The van der Waals surface area contributed by atoms with Crippen molar-refractivity contribution in [3.05, 3.63) is 59.7 Å². The van der Waals surface area contributed by atoms with Crippen LogP contribution in [-0.2, 0) is 17.8 Å². The first-order valence-electron chi connectivity index (χ1n) is 10.3. The average molecular weight is 411 g/mol. The number of amides is 1. The lowest BCUT2D eigenvalue weighted by Gasteiger charge is -2.17. The molecule has 1 heterocycles. The molecule has 0 saturated carbocycles. The van der Waals surface area contributed by atoms with Crippen molar-refractivity contribution in [3.63, 3.8) is 0 Å². The molecule has 1 aliphatic heterocycles. The molecule has 0 aliphatic carbocycles. The minimum Gasteiger partial charge on any atom is -0.454 e. The molecule has 0 atom stereocenters. The minimum atomic E-state index is 0.0822. The van der Waals surface area contributed by atoms with Gasteiger partial charge in [-0.3, -0.25) is 9.79 Å². The highest BCUT2D eigenvalue weighted by Gasteiger charge is 2.13. The van der Waals surface area contributed by atoms with E-state index in [0.29, 0.717) is 19.5 Å². The van der Waals surface area contributed by atoms with Crippen molar-refractivity contribution in [2.45, 2.75) is 26.3 Å². The molecule has 0 bridgehead atoms. The quantitative estimate of drug-likeness (QED) is 0.491. The second kappa shape index (κ2) is 11.1. The van der Waals surface area contributed by atoms with Crippen LogP contribution in [0.3, 0.4) is 0 Å². The number of carbonyl (C=O) groups is 1. The van der Waals surface area contributed by atoms with Crippen molar-refractivity contribution >= 4 is 11.9 Å². The third kappa shape index (κ3) is 6.40. The van der Waals surface area contributed by atoms with Crippen LogP contribution in [0.5, 0.6) is 11.5 Å². The van der Waals surface area contributed by atoms with Crippen LogP contribution in [0, 0.1) is 0 Å². The number of hydrogen-bond donors (Lipinski definition) is 2. The van der Waals surface area contributed by atoms with Gasteiger partial charge in [-0.15, -0.1) is 0 Å². The number of benzene rings is 2. The summed E-state index contributed by atoms with van der Waals surface area (Å²) in [5.74, 6) is 2.39. The highest BCUT2D eigenvalue weighted by atomic mass is 16.7. The van der Waals surface area contributed by atoms with Crippen molar-refractivity contribution in [2.24, 2.45) is 4.99 Å². The summed E-state index contributed by atoms with van der Waals surface area (Å²) >= 11 is 0. The van der Waals surface area contributed by atoms with E-state index in [2.05, 4.69) is 15.6 Å². The van der Waals surface area contributed by atoms with Crippen molar-refractivity contribution in [2.75, 3.05) is 33.5 Å². The Kier molecular flexibility index (Phi) is 7.94. The number of rotatable bonds is 9. The number of guanidine groups is 1. The van der Waals surface area contributed by atoms with Gasteiger partial charge in [-0.05, 0) is 36.6 Å². The Morgan fingerprint density at radius 1 is 1.07 bits per heavy atom. The smallest absolute Gasteiger partial charge is 0.231 e. The second-order valence-corrected chi connectivity index (χ2v) is 7.11. The van der Waals surface area contributed by atoms with Crippen molar-refractivity contribution in [3.8, 4) is 11.5 Å². The number of fused-ring (bicyclic) bond motifs is 1. The summed E-state index contributed by atoms with van der Waals surface area (Å²) in [5, 5.41) is 6.54. The van der Waals surface area contributed by atoms with Crippen LogP contribution < -0.4 is 20.1 Å². The maximum atomic E-state index is 12.4. The lowest BCUT2D eigenvalue weighted by Crippen LogP contribution is -2.38. The maximum absolute atomic E-state index is 12.4. The molecule has 0 spiro atoms. The first-order valence-corrected chi connectivity index (χ1v) is 10.3. The average Bonchev–Trinajstić information content (AvgIpc) is 3.22. The molecule has 1 aliphatic rings. The first-order chi connectivity index (χ1) is 14.7. The molecule has 160 valence electrons. The summed E-state index contributed by atoms with van der Waals surface area (Å²) in [6.07, 6.45) is 1.21. The highest BCUT2D eigenvalue weighted by molar-refractivity contribution is 5.80. The van der Waals surface area contributed by atoms with Gasteiger partial charge in [0.1, 0.15) is 0 Å². The van der Waals surface area contributed by atoms with Gasteiger partial charge in [-0.2, -0.15) is 0 Å². The van der Waals surface area contributed by atoms with Crippen molar-refractivity contribution in [1.29, 1.82) is 0 Å². The summed E-state index contributed by atoms with van der Waals surface area (Å²) in [6.45, 7) is 4.85. The van der Waals surface area contributed by atoms with Gasteiger partial charge >= 0.3 is 0 Å². The van der Waals surface area contributed by atoms with Crippen LogP contribution in [0.25, 0.3) is 0 Å². The van der Waals surface area contributed by atoms with Gasteiger partial charge in [0.2, 0.25) is 12.7 Å². The Morgan fingerprint density at radius 3 is 2.67 bits per heavy atom. The molecule has 0 saturated heterocycles. The third-order valence-electron chi connectivity index (χ3n) is 4.77. The number of nitrogens with zero attached hydrogens (tertiary/aromatic N) is 2. The predicted molar refractivity (Wildman–Crippen MR) is 118 cm³/mol. The Balaban J connectivity index is 1.42. The number of hydrogen-bond acceptors (Lipinski definition) is 4. The monoisotopic (exact) mass is 410 g/mol. The summed E-state index contributed by atoms with van der Waals surface area (Å²) in [6, 6.07) is 16.0. The van der Waals surface area contributed by atoms with Gasteiger partial charge in [0.25, 0.3) is 0 Å². The molecule has 2 aromatic carbocycles. The van der Waals surface area contributed by atoms with Gasteiger partial charge in [0, 0.05) is 33.1 Å². The van der Waals surface area contributed by atoms with Gasteiger partial charge < -0.3 is 25.0 Å². The fourth-order valence-electron chi connectivity index (χ4n) is 3.16. The molecular formula is C23H30N4O3. The zero-order valence-corrected chi connectivity index (χ0v) is 17.7. The second-order valence-electron chi connectivity index (χ2n) is 7.11. The van der Waals surface area contributed by atoms with Gasteiger partial charge in [0.05, 0.1) is 6.54 Å². The number of nitrogens with one attached hydrogen (secondary N) is 2. The van der Waals surface area contributed by atoms with Crippen LogP contribution in [-0.4, -0.2) is 50.2 Å². The van der Waals surface area contributed by atoms with Gasteiger partial charge in [-0.1, -0.05) is 36.4 Å². The molecule has 0 radical (unpaired) electrons. The Morgan fingerprint density at radius 2 is 1.87 bits per heavy atom. The number of ether oxygens (including phenoxy) is 2. The predicted octanol–water partition coefficient (Wildman–Crippen LogP) is 2.56. The van der Waals surface area contributed by atoms with Crippen LogP contribution in [0.1, 0.15) is 24.5 Å². The zero-order chi connectivity index (χ0) is 21.2. The SMILES string of the molecule is CCNC(=NCCC(=O)N(C)Cc1ccccc1)NCCc1ccc2c(c1)OCO2. The fraction of sp³-hybridized carbons (Fsp3) is 0.391. The maximum Gasteiger partial charge on any atom is 0.231 e. The van der Waals surface area contributed by atoms with E-state index in [0.717, 1.165) is 42.5 Å². The van der Waals surface area contributed by atoms with Crippen LogP contribution in [0.15, 0.2) is 53.5 Å². The summed E-state index contributed by atoms with van der Waals surface area (Å²) in [5.41, 5.74) is 2.29. The third-order valence-corrected chi connectivity index (χ3v) is 4.77. The van der Waals surface area contributed by atoms with E-state index >= 15 is 0 Å². The van der Waals surface area contributed by atoms with E-state index in [1.807, 2.05) is 62.5 Å². The Bertz CT molecular complexity index is 855. The number of aliphatic imine (C=N–C) groups is 1. The molecule has 7 nitrogen and oxygen atoms in total. The van der Waals surface area contributed by atoms with E-state index in [9.17, 15) is 4.79 Å². The van der Waals surface area contributed by atoms with E-state index < -0.39 is 0 Å². The van der Waals surface area contributed by atoms with E-state index in [4.69, 9.17) is 9.47 Å². The molecular weight excluding hydrogens is 380 g/mol. The zero-order valence-electron chi connectivity index (χ0n) is 17.7. The standard InChI is InChI=1S/C23H30N4O3/c1-3-24-23(25-13-11-18-9-10-20-21(15-18)30-17-29-20)26-14-12-22(28)27(2)16-19-7-5-4-6-8-19/h4-10,15H,3,11-14,16-17H2,1-2H3,(H2,24,25,26). The van der Waals surface area contributed by atoms with E-state index in [1.54, 1.807) is 4.90 Å².